The fourth-order valence-corrected chi connectivity index (χ4v) is 2.58. The topological polar surface area (TPSA) is 49.3 Å². The van der Waals surface area contributed by atoms with Gasteiger partial charge in [0.15, 0.2) is 0 Å². The Kier molecular flexibility index (Phi) is 16.9. The van der Waals surface area contributed by atoms with E-state index < -0.39 is 0 Å². The van der Waals surface area contributed by atoms with Crippen molar-refractivity contribution < 1.29 is 9.90 Å². The lowest BCUT2D eigenvalue weighted by molar-refractivity contribution is -0.122. The number of aliphatic hydroxyl groups excluding tert-OH is 1. The van der Waals surface area contributed by atoms with Crippen LogP contribution < -0.4 is 5.32 Å². The fraction of sp³-hybridized carbons (Fsp3) is 0.850. The minimum atomic E-state index is -0.0729. The van der Waals surface area contributed by atoms with Crippen LogP contribution in [-0.2, 0) is 4.79 Å². The molecule has 0 aliphatic carbocycles. The second-order valence-corrected chi connectivity index (χ2v) is 6.48. The van der Waals surface area contributed by atoms with Crippen LogP contribution in [0.15, 0.2) is 12.2 Å². The van der Waals surface area contributed by atoms with Gasteiger partial charge in [-0.15, -0.1) is 0 Å². The summed E-state index contributed by atoms with van der Waals surface area (Å²) in [5.41, 5.74) is 0. The fourth-order valence-electron chi connectivity index (χ4n) is 2.58. The summed E-state index contributed by atoms with van der Waals surface area (Å²) in [4.78, 5) is 11.6. The number of carbonyl (C=O) groups excluding carboxylic acids is 1. The van der Waals surface area contributed by atoms with E-state index in [4.69, 9.17) is 5.11 Å². The summed E-state index contributed by atoms with van der Waals surface area (Å²) in [5, 5.41) is 11.9. The number of aliphatic hydroxyl groups is 1. The van der Waals surface area contributed by atoms with Gasteiger partial charge in [-0.1, -0.05) is 64.5 Å². The molecule has 0 spiro atoms. The summed E-state index contributed by atoms with van der Waals surface area (Å²) < 4.78 is 0. The van der Waals surface area contributed by atoms with Crippen LogP contribution in [0.4, 0.5) is 0 Å². The van der Waals surface area contributed by atoms with Gasteiger partial charge in [-0.3, -0.25) is 4.79 Å². The van der Waals surface area contributed by atoms with Gasteiger partial charge in [-0.25, -0.2) is 0 Å². The van der Waals surface area contributed by atoms with E-state index in [9.17, 15) is 4.79 Å². The third-order valence-electron chi connectivity index (χ3n) is 4.24. The molecule has 1 unspecified atom stereocenters. The van der Waals surface area contributed by atoms with Crippen LogP contribution >= 0.6 is 0 Å². The van der Waals surface area contributed by atoms with Gasteiger partial charge in [0.25, 0.3) is 0 Å². The molecule has 0 fully saturated rings. The highest BCUT2D eigenvalue weighted by Crippen LogP contribution is 2.09. The van der Waals surface area contributed by atoms with Gasteiger partial charge in [0.2, 0.25) is 5.91 Å². The molecule has 0 aromatic carbocycles. The summed E-state index contributed by atoms with van der Waals surface area (Å²) in [5.74, 6) is 0.0805. The molecular formula is C20H39NO2. The highest BCUT2D eigenvalue weighted by atomic mass is 16.3. The van der Waals surface area contributed by atoms with Crippen molar-refractivity contribution in [2.45, 2.75) is 103 Å². The van der Waals surface area contributed by atoms with E-state index >= 15 is 0 Å². The van der Waals surface area contributed by atoms with Crippen LogP contribution in [0.5, 0.6) is 0 Å². The molecule has 23 heavy (non-hydrogen) atoms. The van der Waals surface area contributed by atoms with Gasteiger partial charge < -0.3 is 10.4 Å². The van der Waals surface area contributed by atoms with E-state index in [1.807, 2.05) is 6.92 Å². The third kappa shape index (κ3) is 15.8. The van der Waals surface area contributed by atoms with E-state index in [1.165, 1.54) is 57.8 Å². The molecule has 0 aromatic rings. The predicted molar refractivity (Wildman–Crippen MR) is 99.5 cm³/mol. The number of amides is 1. The molecule has 136 valence electrons. The van der Waals surface area contributed by atoms with Crippen molar-refractivity contribution in [3.8, 4) is 0 Å². The first-order valence-electron chi connectivity index (χ1n) is 9.79. The highest BCUT2D eigenvalue weighted by molar-refractivity contribution is 5.76. The molecule has 0 saturated carbocycles. The zero-order chi connectivity index (χ0) is 17.2. The maximum absolute atomic E-state index is 11.6. The van der Waals surface area contributed by atoms with E-state index in [1.54, 1.807) is 0 Å². The Morgan fingerprint density at radius 1 is 0.913 bits per heavy atom. The predicted octanol–water partition coefficient (Wildman–Crippen LogP) is 5.13. The summed E-state index contributed by atoms with van der Waals surface area (Å²) >= 11 is 0. The molecule has 0 heterocycles. The SMILES string of the molecule is CCCCCC/C=C/CCCCCCCC(=O)NC(CC)CO. The third-order valence-corrected chi connectivity index (χ3v) is 4.24. The molecule has 1 amide bonds. The summed E-state index contributed by atoms with van der Waals surface area (Å²) in [7, 11) is 0. The maximum Gasteiger partial charge on any atom is 0.220 e. The Balaban J connectivity index is 3.30. The molecule has 0 rings (SSSR count). The van der Waals surface area contributed by atoms with Crippen molar-refractivity contribution in [3.63, 3.8) is 0 Å². The van der Waals surface area contributed by atoms with Gasteiger partial charge in [0.1, 0.15) is 0 Å². The molecule has 0 saturated heterocycles. The molecule has 1 atom stereocenters. The summed E-state index contributed by atoms with van der Waals surface area (Å²) in [6.07, 6.45) is 19.7. The average molecular weight is 326 g/mol. The lowest BCUT2D eigenvalue weighted by atomic mass is 10.1. The first kappa shape index (κ1) is 22.2. The average Bonchev–Trinajstić information content (AvgIpc) is 2.56. The standard InChI is InChI=1S/C20H39NO2/c1-3-5-6-7-8-9-10-11-12-13-14-15-16-17-20(23)21-19(4-2)18-22/h9-10,19,22H,3-8,11-18H2,1-2H3,(H,21,23)/b10-9+. The summed E-state index contributed by atoms with van der Waals surface area (Å²) in [6, 6.07) is -0.0729. The van der Waals surface area contributed by atoms with Gasteiger partial charge in [0.05, 0.1) is 12.6 Å². The lowest BCUT2D eigenvalue weighted by Gasteiger charge is -2.13. The Morgan fingerprint density at radius 3 is 2.04 bits per heavy atom. The van der Waals surface area contributed by atoms with Crippen molar-refractivity contribution >= 4 is 5.91 Å². The number of nitrogens with one attached hydrogen (secondary N) is 1. The molecule has 0 radical (unpaired) electrons. The molecule has 0 aliphatic heterocycles. The van der Waals surface area contributed by atoms with E-state index in [0.717, 1.165) is 19.3 Å². The number of allylic oxidation sites excluding steroid dienone is 2. The minimum absolute atomic E-state index is 0.0361. The number of hydrogen-bond acceptors (Lipinski definition) is 2. The first-order chi connectivity index (χ1) is 11.2. The van der Waals surface area contributed by atoms with E-state index in [2.05, 4.69) is 24.4 Å². The molecule has 0 aliphatic rings. The zero-order valence-corrected chi connectivity index (χ0v) is 15.5. The minimum Gasteiger partial charge on any atom is -0.394 e. The Morgan fingerprint density at radius 2 is 1.48 bits per heavy atom. The largest absolute Gasteiger partial charge is 0.394 e. The molecule has 0 bridgehead atoms. The highest BCUT2D eigenvalue weighted by Gasteiger charge is 2.08. The van der Waals surface area contributed by atoms with Gasteiger partial charge >= 0.3 is 0 Å². The van der Waals surface area contributed by atoms with Crippen molar-refractivity contribution in [2.24, 2.45) is 0 Å². The van der Waals surface area contributed by atoms with Gasteiger partial charge in [0, 0.05) is 6.42 Å². The van der Waals surface area contributed by atoms with Crippen LogP contribution in [0.2, 0.25) is 0 Å². The zero-order valence-electron chi connectivity index (χ0n) is 15.5. The quantitative estimate of drug-likeness (QED) is 0.305. The number of hydrogen-bond donors (Lipinski definition) is 2. The normalized spacial score (nSPS) is 12.7. The molecular weight excluding hydrogens is 286 g/mol. The first-order valence-corrected chi connectivity index (χ1v) is 9.79. The number of unbranched alkanes of at least 4 members (excludes halogenated alkanes) is 9. The van der Waals surface area contributed by atoms with Crippen molar-refractivity contribution in [1.29, 1.82) is 0 Å². The second kappa shape index (κ2) is 17.5. The van der Waals surface area contributed by atoms with E-state index in [-0.39, 0.29) is 18.6 Å². The Hall–Kier alpha value is -0.830. The van der Waals surface area contributed by atoms with Crippen LogP contribution in [-0.4, -0.2) is 23.7 Å². The van der Waals surface area contributed by atoms with Crippen molar-refractivity contribution in [2.75, 3.05) is 6.61 Å². The molecule has 0 aromatic heterocycles. The van der Waals surface area contributed by atoms with Gasteiger partial charge in [-0.2, -0.15) is 0 Å². The Labute approximate surface area is 143 Å². The smallest absolute Gasteiger partial charge is 0.220 e. The summed E-state index contributed by atoms with van der Waals surface area (Å²) in [6.45, 7) is 4.26. The molecule has 2 N–H and O–H groups in total. The second-order valence-electron chi connectivity index (χ2n) is 6.48. The van der Waals surface area contributed by atoms with Gasteiger partial charge in [-0.05, 0) is 38.5 Å². The van der Waals surface area contributed by atoms with Crippen LogP contribution in [0.1, 0.15) is 97.3 Å². The van der Waals surface area contributed by atoms with Crippen LogP contribution in [0.3, 0.4) is 0 Å². The molecule has 3 heteroatoms. The number of carbonyl (C=O) groups is 1. The van der Waals surface area contributed by atoms with Crippen LogP contribution in [0.25, 0.3) is 0 Å². The van der Waals surface area contributed by atoms with Crippen molar-refractivity contribution in [3.05, 3.63) is 12.2 Å². The number of rotatable bonds is 16. The van der Waals surface area contributed by atoms with Crippen molar-refractivity contribution in [1.82, 2.24) is 5.32 Å². The van der Waals surface area contributed by atoms with Crippen LogP contribution in [0, 0.1) is 0 Å². The maximum atomic E-state index is 11.6. The lowest BCUT2D eigenvalue weighted by Crippen LogP contribution is -2.36. The monoisotopic (exact) mass is 325 g/mol. The van der Waals surface area contributed by atoms with E-state index in [0.29, 0.717) is 6.42 Å². The Bertz CT molecular complexity index is 285. The molecule has 3 nitrogen and oxygen atoms in total.